The molecular weight excluding hydrogens is 259 g/mol. The van der Waals surface area contributed by atoms with Crippen LogP contribution in [0.15, 0.2) is 41.3 Å². The molecule has 0 aliphatic carbocycles. The predicted molar refractivity (Wildman–Crippen MR) is 70.7 cm³/mol. The van der Waals surface area contributed by atoms with E-state index < -0.39 is 0 Å². The second-order valence-electron chi connectivity index (χ2n) is 3.63. The Bertz CT molecular complexity index is 587. The van der Waals surface area contributed by atoms with Crippen LogP contribution in [0.3, 0.4) is 0 Å². The van der Waals surface area contributed by atoms with Crippen LogP contribution in [0.2, 0.25) is 10.0 Å². The van der Waals surface area contributed by atoms with Gasteiger partial charge in [0.1, 0.15) is 0 Å². The number of aromatic nitrogens is 1. The number of nitrogen functional groups attached to an aromatic ring is 1. The van der Waals surface area contributed by atoms with Gasteiger partial charge in [-0.3, -0.25) is 4.79 Å². The summed E-state index contributed by atoms with van der Waals surface area (Å²) in [5.74, 6) is 0. The summed E-state index contributed by atoms with van der Waals surface area (Å²) in [7, 11) is 0. The Morgan fingerprint density at radius 3 is 2.41 bits per heavy atom. The molecule has 0 atom stereocenters. The summed E-state index contributed by atoms with van der Waals surface area (Å²) < 4.78 is 1.47. The minimum Gasteiger partial charge on any atom is -0.398 e. The quantitative estimate of drug-likeness (QED) is 0.911. The van der Waals surface area contributed by atoms with Crippen molar-refractivity contribution >= 4 is 28.9 Å². The Balaban J connectivity index is 2.45. The van der Waals surface area contributed by atoms with E-state index in [1.807, 2.05) is 0 Å². The normalized spacial score (nSPS) is 10.5. The lowest BCUT2D eigenvalue weighted by molar-refractivity contribution is 0.762. The van der Waals surface area contributed by atoms with Crippen LogP contribution in [0.4, 0.5) is 5.69 Å². The third-order valence-electron chi connectivity index (χ3n) is 2.40. The van der Waals surface area contributed by atoms with Crippen molar-refractivity contribution in [3.05, 3.63) is 62.5 Å². The summed E-state index contributed by atoms with van der Waals surface area (Å²) in [6, 6.07) is 8.21. The van der Waals surface area contributed by atoms with Gasteiger partial charge in [0, 0.05) is 33.6 Å². The number of rotatable bonds is 2. The number of hydrogen-bond acceptors (Lipinski definition) is 2. The Kier molecular flexibility index (Phi) is 3.41. The SMILES string of the molecule is Nc1ccc(=O)n(Cc2c(Cl)cccc2Cl)c1. The average Bonchev–Trinajstić information content (AvgIpc) is 2.28. The maximum Gasteiger partial charge on any atom is 0.250 e. The molecule has 1 heterocycles. The van der Waals surface area contributed by atoms with Crippen molar-refractivity contribution in [3.63, 3.8) is 0 Å². The van der Waals surface area contributed by atoms with Crippen LogP contribution < -0.4 is 11.3 Å². The topological polar surface area (TPSA) is 48.0 Å². The lowest BCUT2D eigenvalue weighted by atomic mass is 10.2. The molecular formula is C12H10Cl2N2O. The average molecular weight is 269 g/mol. The van der Waals surface area contributed by atoms with Crippen LogP contribution in [-0.4, -0.2) is 4.57 Å². The zero-order valence-electron chi connectivity index (χ0n) is 8.86. The van der Waals surface area contributed by atoms with Gasteiger partial charge >= 0.3 is 0 Å². The highest BCUT2D eigenvalue weighted by Gasteiger charge is 2.07. The molecule has 2 aromatic rings. The van der Waals surface area contributed by atoms with E-state index in [-0.39, 0.29) is 5.56 Å². The molecule has 0 saturated heterocycles. The molecule has 17 heavy (non-hydrogen) atoms. The maximum absolute atomic E-state index is 11.6. The first-order chi connectivity index (χ1) is 8.08. The highest BCUT2D eigenvalue weighted by Crippen LogP contribution is 2.24. The van der Waals surface area contributed by atoms with Crippen molar-refractivity contribution in [1.29, 1.82) is 0 Å². The number of anilines is 1. The third-order valence-corrected chi connectivity index (χ3v) is 3.10. The van der Waals surface area contributed by atoms with E-state index in [2.05, 4.69) is 0 Å². The molecule has 0 unspecified atom stereocenters. The number of halogens is 2. The van der Waals surface area contributed by atoms with E-state index in [0.717, 1.165) is 0 Å². The molecule has 0 saturated carbocycles. The lowest BCUT2D eigenvalue weighted by Crippen LogP contribution is -2.19. The molecule has 1 aromatic carbocycles. The molecule has 1 aromatic heterocycles. The molecule has 3 nitrogen and oxygen atoms in total. The van der Waals surface area contributed by atoms with Gasteiger partial charge in [0.15, 0.2) is 0 Å². The van der Waals surface area contributed by atoms with Gasteiger partial charge in [-0.25, -0.2) is 0 Å². The molecule has 0 spiro atoms. The van der Waals surface area contributed by atoms with E-state index in [1.54, 1.807) is 30.5 Å². The Morgan fingerprint density at radius 1 is 1.12 bits per heavy atom. The Hall–Kier alpha value is -1.45. The Labute approximate surface area is 108 Å². The third kappa shape index (κ3) is 2.62. The van der Waals surface area contributed by atoms with Crippen molar-refractivity contribution in [2.45, 2.75) is 6.54 Å². The molecule has 5 heteroatoms. The minimum absolute atomic E-state index is 0.143. The van der Waals surface area contributed by atoms with Gasteiger partial charge in [-0.05, 0) is 18.2 Å². The van der Waals surface area contributed by atoms with Crippen molar-refractivity contribution < 1.29 is 0 Å². The zero-order valence-corrected chi connectivity index (χ0v) is 10.4. The van der Waals surface area contributed by atoms with Gasteiger partial charge in [-0.15, -0.1) is 0 Å². The van der Waals surface area contributed by atoms with Crippen molar-refractivity contribution in [2.75, 3.05) is 5.73 Å². The fourth-order valence-electron chi connectivity index (χ4n) is 1.53. The smallest absolute Gasteiger partial charge is 0.250 e. The molecule has 0 aliphatic heterocycles. The fourth-order valence-corrected chi connectivity index (χ4v) is 2.04. The number of benzene rings is 1. The molecule has 0 amide bonds. The molecule has 0 bridgehead atoms. The van der Waals surface area contributed by atoms with Crippen molar-refractivity contribution in [1.82, 2.24) is 4.57 Å². The largest absolute Gasteiger partial charge is 0.398 e. The molecule has 2 N–H and O–H groups in total. The van der Waals surface area contributed by atoms with Gasteiger partial charge in [-0.2, -0.15) is 0 Å². The number of pyridine rings is 1. The summed E-state index contributed by atoms with van der Waals surface area (Å²) in [6.45, 7) is 0.308. The summed E-state index contributed by atoms with van der Waals surface area (Å²) in [5.41, 5.74) is 6.72. The van der Waals surface area contributed by atoms with E-state index in [0.29, 0.717) is 27.8 Å². The van der Waals surface area contributed by atoms with Crippen LogP contribution in [0.1, 0.15) is 5.56 Å². The van der Waals surface area contributed by atoms with Gasteiger partial charge in [0.25, 0.3) is 5.56 Å². The molecule has 0 fully saturated rings. The second kappa shape index (κ2) is 4.82. The highest BCUT2D eigenvalue weighted by atomic mass is 35.5. The Morgan fingerprint density at radius 2 is 1.76 bits per heavy atom. The van der Waals surface area contributed by atoms with Gasteiger partial charge in [-0.1, -0.05) is 29.3 Å². The molecule has 0 radical (unpaired) electrons. The first-order valence-corrected chi connectivity index (χ1v) is 5.72. The predicted octanol–water partition coefficient (Wildman–Crippen LogP) is 2.79. The standard InChI is InChI=1S/C12H10Cl2N2O/c13-10-2-1-3-11(14)9(10)7-16-6-8(15)4-5-12(16)17/h1-6H,7,15H2. The monoisotopic (exact) mass is 268 g/mol. The van der Waals surface area contributed by atoms with Crippen LogP contribution in [-0.2, 0) is 6.54 Å². The summed E-state index contributed by atoms with van der Waals surface area (Å²) >= 11 is 12.1. The second-order valence-corrected chi connectivity index (χ2v) is 4.44. The van der Waals surface area contributed by atoms with Gasteiger partial charge in [0.05, 0.1) is 6.54 Å². The first-order valence-electron chi connectivity index (χ1n) is 4.97. The fraction of sp³-hybridized carbons (Fsp3) is 0.0833. The van der Waals surface area contributed by atoms with Gasteiger partial charge in [0.2, 0.25) is 0 Å². The van der Waals surface area contributed by atoms with E-state index in [4.69, 9.17) is 28.9 Å². The van der Waals surface area contributed by atoms with Crippen molar-refractivity contribution in [2.24, 2.45) is 0 Å². The van der Waals surface area contributed by atoms with E-state index >= 15 is 0 Å². The van der Waals surface area contributed by atoms with Crippen LogP contribution in [0.25, 0.3) is 0 Å². The number of nitrogens with zero attached hydrogens (tertiary/aromatic N) is 1. The minimum atomic E-state index is -0.143. The molecule has 2 rings (SSSR count). The van der Waals surface area contributed by atoms with Gasteiger partial charge < -0.3 is 10.3 Å². The van der Waals surface area contributed by atoms with Crippen LogP contribution in [0.5, 0.6) is 0 Å². The van der Waals surface area contributed by atoms with Crippen LogP contribution in [0, 0.1) is 0 Å². The van der Waals surface area contributed by atoms with Crippen LogP contribution >= 0.6 is 23.2 Å². The highest BCUT2D eigenvalue weighted by molar-refractivity contribution is 6.35. The lowest BCUT2D eigenvalue weighted by Gasteiger charge is -2.09. The summed E-state index contributed by atoms with van der Waals surface area (Å²) in [6.07, 6.45) is 1.57. The van der Waals surface area contributed by atoms with E-state index in [9.17, 15) is 4.79 Å². The summed E-state index contributed by atoms with van der Waals surface area (Å²) in [5, 5.41) is 1.07. The van der Waals surface area contributed by atoms with Crippen molar-refractivity contribution in [3.8, 4) is 0 Å². The maximum atomic E-state index is 11.6. The van der Waals surface area contributed by atoms with E-state index in [1.165, 1.54) is 10.6 Å². The number of nitrogens with two attached hydrogens (primary N) is 1. The molecule has 88 valence electrons. The first kappa shape index (κ1) is 12.0. The number of hydrogen-bond donors (Lipinski definition) is 1. The molecule has 0 aliphatic rings. The zero-order chi connectivity index (χ0) is 12.4. The summed E-state index contributed by atoms with van der Waals surface area (Å²) in [4.78, 5) is 11.6.